The van der Waals surface area contributed by atoms with Crippen molar-refractivity contribution in [3.8, 4) is 91.1 Å². The zero-order chi connectivity index (χ0) is 48.1. The summed E-state index contributed by atoms with van der Waals surface area (Å²) in [6.45, 7) is 0. The summed E-state index contributed by atoms with van der Waals surface area (Å²) in [5.41, 5.74) is 15.3. The second kappa shape index (κ2) is 17.4. The molecule has 13 aromatic rings. The molecule has 0 aliphatic heterocycles. The van der Waals surface area contributed by atoms with Crippen molar-refractivity contribution in [2.45, 2.75) is 0 Å². The Morgan fingerprint density at radius 3 is 1.29 bits per heavy atom. The molecule has 9 aromatic carbocycles. The lowest BCUT2D eigenvalue weighted by atomic mass is 9.98. The fraction of sp³-hybridized carbons (Fsp3) is 0. The molecule has 0 spiro atoms. The maximum Gasteiger partial charge on any atom is 0.164 e. The number of fused-ring (bicyclic) bond motifs is 6. The molecule has 4 aromatic heterocycles. The van der Waals surface area contributed by atoms with Gasteiger partial charge in [0.05, 0.1) is 62.9 Å². The lowest BCUT2D eigenvalue weighted by Gasteiger charge is -2.19. The standard InChI is InChI=1S/C64H38N8/c65-38-46-19-7-9-21-48(46)43-28-31-58-54(35-43)50-23-11-13-25-56(50)71(58)60-37-45(64-69-62(41-15-3-1-4-16-41)68-63(70-64)42-17-5-2-6-18-42)27-30-52(60)53-33-34-67-40-61(53)72-57-26-14-12-24-51(57)55-36-44(29-32-59(55)72)49-22-10-8-20-47(49)39-66/h1-37,40H. The molecule has 72 heavy (non-hydrogen) atoms. The number of nitrogens with zero attached hydrogens (tertiary/aromatic N) is 8. The van der Waals surface area contributed by atoms with Gasteiger partial charge in [-0.05, 0) is 82.9 Å². The third kappa shape index (κ3) is 6.98. The van der Waals surface area contributed by atoms with Crippen molar-refractivity contribution in [2.75, 3.05) is 0 Å². The smallest absolute Gasteiger partial charge is 0.164 e. The Hall–Kier alpha value is -10.3. The second-order valence-electron chi connectivity index (χ2n) is 17.6. The molecule has 0 unspecified atom stereocenters. The Labute approximate surface area is 414 Å². The molecular weight excluding hydrogens is 881 g/mol. The summed E-state index contributed by atoms with van der Waals surface area (Å²) in [7, 11) is 0. The van der Waals surface area contributed by atoms with Crippen molar-refractivity contribution in [3.63, 3.8) is 0 Å². The molecule has 8 heteroatoms. The van der Waals surface area contributed by atoms with Crippen LogP contribution in [0.25, 0.3) is 123 Å². The van der Waals surface area contributed by atoms with E-state index in [0.29, 0.717) is 28.6 Å². The van der Waals surface area contributed by atoms with E-state index < -0.39 is 0 Å². The molecule has 0 saturated carbocycles. The predicted octanol–water partition coefficient (Wildman–Crippen LogP) is 15.2. The molecule has 0 amide bonds. The summed E-state index contributed by atoms with van der Waals surface area (Å²) in [4.78, 5) is 20.2. The van der Waals surface area contributed by atoms with Gasteiger partial charge in [0.2, 0.25) is 0 Å². The number of pyridine rings is 1. The number of hydrogen-bond acceptors (Lipinski definition) is 6. The molecule has 0 bridgehead atoms. The van der Waals surface area contributed by atoms with Gasteiger partial charge in [-0.1, -0.05) is 158 Å². The first-order valence-corrected chi connectivity index (χ1v) is 23.7. The maximum atomic E-state index is 10.1. The fourth-order valence-corrected chi connectivity index (χ4v) is 10.3. The van der Waals surface area contributed by atoms with Gasteiger partial charge < -0.3 is 9.13 Å². The van der Waals surface area contributed by atoms with E-state index in [4.69, 9.17) is 19.9 Å². The highest BCUT2D eigenvalue weighted by Crippen LogP contribution is 2.43. The van der Waals surface area contributed by atoms with Crippen LogP contribution in [-0.4, -0.2) is 29.1 Å². The fourth-order valence-electron chi connectivity index (χ4n) is 10.3. The summed E-state index contributed by atoms with van der Waals surface area (Å²) >= 11 is 0. The highest BCUT2D eigenvalue weighted by molar-refractivity contribution is 6.13. The number of hydrogen-bond donors (Lipinski definition) is 0. The van der Waals surface area contributed by atoms with Crippen molar-refractivity contribution < 1.29 is 0 Å². The van der Waals surface area contributed by atoms with Crippen molar-refractivity contribution in [3.05, 3.63) is 242 Å². The zero-order valence-electron chi connectivity index (χ0n) is 38.5. The van der Waals surface area contributed by atoms with Crippen molar-refractivity contribution in [1.82, 2.24) is 29.1 Å². The monoisotopic (exact) mass is 918 g/mol. The molecule has 13 rings (SSSR count). The largest absolute Gasteiger partial charge is 0.309 e. The van der Waals surface area contributed by atoms with E-state index in [1.165, 1.54) is 0 Å². The van der Waals surface area contributed by atoms with Gasteiger partial charge in [0.15, 0.2) is 17.5 Å². The van der Waals surface area contributed by atoms with Crippen LogP contribution >= 0.6 is 0 Å². The van der Waals surface area contributed by atoms with Crippen LogP contribution in [0.3, 0.4) is 0 Å². The minimum absolute atomic E-state index is 0.540. The van der Waals surface area contributed by atoms with E-state index >= 15 is 0 Å². The van der Waals surface area contributed by atoms with Gasteiger partial charge in [-0.15, -0.1) is 0 Å². The average molecular weight is 919 g/mol. The van der Waals surface area contributed by atoms with Crippen molar-refractivity contribution in [1.29, 1.82) is 10.5 Å². The summed E-state index contributed by atoms with van der Waals surface area (Å²) in [5.74, 6) is 1.70. The van der Waals surface area contributed by atoms with E-state index in [1.54, 1.807) is 0 Å². The summed E-state index contributed by atoms with van der Waals surface area (Å²) in [5, 5.41) is 24.5. The van der Waals surface area contributed by atoms with E-state index in [9.17, 15) is 10.5 Å². The Bertz CT molecular complexity index is 4310. The van der Waals surface area contributed by atoms with Crippen LogP contribution in [0.4, 0.5) is 0 Å². The Morgan fingerprint density at radius 2 is 0.750 bits per heavy atom. The predicted molar refractivity (Wildman–Crippen MR) is 288 cm³/mol. The van der Waals surface area contributed by atoms with Crippen LogP contribution in [-0.2, 0) is 0 Å². The molecular formula is C64H38N8. The van der Waals surface area contributed by atoms with Crippen LogP contribution in [0.1, 0.15) is 11.1 Å². The van der Waals surface area contributed by atoms with E-state index in [-0.39, 0.29) is 0 Å². The minimum Gasteiger partial charge on any atom is -0.309 e. The quantitative estimate of drug-likeness (QED) is 0.150. The van der Waals surface area contributed by atoms with E-state index in [0.717, 1.165) is 105 Å². The molecule has 0 aliphatic rings. The lowest BCUT2D eigenvalue weighted by Crippen LogP contribution is -2.04. The SMILES string of the molecule is N#Cc1ccccc1-c1ccc2c(c1)c1ccccc1n2-c1cnccc1-c1ccc(-c2nc(-c3ccccc3)nc(-c3ccccc3)n2)cc1-n1c2ccccc2c2cc(-c3ccccc3C#N)ccc21. The number of para-hydroxylation sites is 2. The molecule has 0 atom stereocenters. The van der Waals surface area contributed by atoms with E-state index in [1.807, 2.05) is 122 Å². The van der Waals surface area contributed by atoms with Crippen LogP contribution in [0, 0.1) is 22.7 Å². The third-order valence-corrected chi connectivity index (χ3v) is 13.6. The molecule has 334 valence electrons. The van der Waals surface area contributed by atoms with Gasteiger partial charge in [0.1, 0.15) is 0 Å². The van der Waals surface area contributed by atoms with Crippen LogP contribution in [0.2, 0.25) is 0 Å². The summed E-state index contributed by atoms with van der Waals surface area (Å²) < 4.78 is 4.65. The highest BCUT2D eigenvalue weighted by atomic mass is 15.0. The molecule has 0 fully saturated rings. The normalized spacial score (nSPS) is 11.3. The van der Waals surface area contributed by atoms with Crippen molar-refractivity contribution in [2.24, 2.45) is 0 Å². The molecule has 0 saturated heterocycles. The third-order valence-electron chi connectivity index (χ3n) is 13.6. The number of benzene rings is 9. The first kappa shape index (κ1) is 41.9. The highest BCUT2D eigenvalue weighted by Gasteiger charge is 2.23. The first-order valence-electron chi connectivity index (χ1n) is 23.7. The average Bonchev–Trinajstić information content (AvgIpc) is 3.97. The minimum atomic E-state index is 0.540. The van der Waals surface area contributed by atoms with Crippen molar-refractivity contribution >= 4 is 43.6 Å². The van der Waals surface area contributed by atoms with E-state index in [2.05, 4.69) is 130 Å². The molecule has 0 aliphatic carbocycles. The number of aromatic nitrogens is 6. The number of nitriles is 2. The summed E-state index contributed by atoms with van der Waals surface area (Å²) in [6.07, 6.45) is 3.81. The Kier molecular flexibility index (Phi) is 10.1. The van der Waals surface area contributed by atoms with Gasteiger partial charge in [-0.2, -0.15) is 10.5 Å². The lowest BCUT2D eigenvalue weighted by molar-refractivity contribution is 1.07. The number of rotatable bonds is 8. The van der Waals surface area contributed by atoms with Crippen LogP contribution < -0.4 is 0 Å². The van der Waals surface area contributed by atoms with Gasteiger partial charge in [-0.3, -0.25) is 4.98 Å². The van der Waals surface area contributed by atoms with Gasteiger partial charge in [-0.25, -0.2) is 15.0 Å². The molecule has 0 radical (unpaired) electrons. The summed E-state index contributed by atoms with van der Waals surface area (Å²) in [6, 6.07) is 78.8. The molecule has 8 nitrogen and oxygen atoms in total. The van der Waals surface area contributed by atoms with Gasteiger partial charge in [0, 0.05) is 55.6 Å². The Balaban J connectivity index is 1.08. The molecule has 0 N–H and O–H groups in total. The van der Waals surface area contributed by atoms with Crippen LogP contribution in [0.15, 0.2) is 231 Å². The van der Waals surface area contributed by atoms with Gasteiger partial charge in [0.25, 0.3) is 0 Å². The molecule has 4 heterocycles. The topological polar surface area (TPSA) is 109 Å². The first-order chi connectivity index (χ1) is 35.6. The maximum absolute atomic E-state index is 10.1. The van der Waals surface area contributed by atoms with Gasteiger partial charge >= 0.3 is 0 Å². The zero-order valence-corrected chi connectivity index (χ0v) is 38.5. The second-order valence-corrected chi connectivity index (χ2v) is 17.6. The Morgan fingerprint density at radius 1 is 0.319 bits per heavy atom. The van der Waals surface area contributed by atoms with Crippen LogP contribution in [0.5, 0.6) is 0 Å².